The number of hydrogen-bond donors (Lipinski definition) is 11. The van der Waals surface area contributed by atoms with Crippen molar-refractivity contribution in [3.05, 3.63) is 0 Å². The summed E-state index contributed by atoms with van der Waals surface area (Å²) in [4.78, 5) is 46.6. The Morgan fingerprint density at radius 1 is 0.806 bits per heavy atom. The van der Waals surface area contributed by atoms with Crippen LogP contribution in [0.2, 0.25) is 0 Å². The van der Waals surface area contributed by atoms with Crippen LogP contribution in [0.5, 0.6) is 0 Å². The van der Waals surface area contributed by atoms with Crippen molar-refractivity contribution in [3.63, 3.8) is 0 Å². The van der Waals surface area contributed by atoms with Gasteiger partial charge in [0.1, 0.15) is 6.04 Å². The van der Waals surface area contributed by atoms with Crippen LogP contribution in [0, 0.1) is 10.8 Å². The van der Waals surface area contributed by atoms with Crippen molar-refractivity contribution in [2.75, 3.05) is 26.2 Å². The van der Waals surface area contributed by atoms with Gasteiger partial charge in [-0.3, -0.25) is 25.2 Å². The van der Waals surface area contributed by atoms with Gasteiger partial charge in [0, 0.05) is 13.1 Å². The Balaban J connectivity index is 4.13. The minimum Gasteiger partial charge on any atom is -0.480 e. The van der Waals surface area contributed by atoms with E-state index in [-0.39, 0.29) is 24.9 Å². The molecule has 0 rings (SSSR count). The zero-order valence-electron chi connectivity index (χ0n) is 17.1. The third kappa shape index (κ3) is 15.0. The normalized spacial score (nSPS) is 12.0. The van der Waals surface area contributed by atoms with Gasteiger partial charge in [0.05, 0.1) is 19.1 Å². The summed E-state index contributed by atoms with van der Waals surface area (Å²) in [5.74, 6) is -3.56. The first-order chi connectivity index (χ1) is 14.5. The predicted molar refractivity (Wildman–Crippen MR) is 112 cm³/mol. The van der Waals surface area contributed by atoms with E-state index < -0.39 is 48.9 Å². The van der Waals surface area contributed by atoms with E-state index >= 15 is 0 Å². The molecule has 0 saturated carbocycles. The summed E-state index contributed by atoms with van der Waals surface area (Å²) in [6.07, 6.45) is 1.26. The van der Waals surface area contributed by atoms with Crippen molar-refractivity contribution in [1.29, 1.82) is 10.8 Å². The number of nitrogens with one attached hydrogen (secondary N) is 7. The van der Waals surface area contributed by atoms with Crippen molar-refractivity contribution in [2.24, 2.45) is 17.2 Å². The van der Waals surface area contributed by atoms with E-state index in [1.54, 1.807) is 0 Å². The van der Waals surface area contributed by atoms with E-state index in [1.807, 2.05) is 0 Å². The summed E-state index contributed by atoms with van der Waals surface area (Å²) in [5, 5.41) is 35.1. The molecular formula is C16H32N10O5. The number of rotatable bonds is 15. The summed E-state index contributed by atoms with van der Waals surface area (Å²) in [6, 6.07) is -2.01. The van der Waals surface area contributed by atoms with E-state index in [0.29, 0.717) is 25.8 Å². The van der Waals surface area contributed by atoms with Crippen molar-refractivity contribution in [3.8, 4) is 0 Å². The van der Waals surface area contributed by atoms with E-state index in [2.05, 4.69) is 26.6 Å². The molecule has 0 aliphatic rings. The molecule has 0 aliphatic heterocycles. The summed E-state index contributed by atoms with van der Waals surface area (Å²) in [6.45, 7) is -0.200. The van der Waals surface area contributed by atoms with Crippen LogP contribution >= 0.6 is 0 Å². The van der Waals surface area contributed by atoms with Gasteiger partial charge < -0.3 is 48.9 Å². The molecule has 0 fully saturated rings. The predicted octanol–water partition coefficient (Wildman–Crippen LogP) is -4.36. The third-order valence-electron chi connectivity index (χ3n) is 3.83. The third-order valence-corrected chi connectivity index (χ3v) is 3.83. The minimum absolute atomic E-state index is 0.102. The number of aliphatic carboxylic acids is 1. The molecule has 3 amide bonds. The van der Waals surface area contributed by atoms with Gasteiger partial charge in [-0.05, 0) is 25.7 Å². The highest BCUT2D eigenvalue weighted by molar-refractivity contribution is 5.90. The fourth-order valence-electron chi connectivity index (χ4n) is 2.25. The molecule has 0 aromatic rings. The highest BCUT2D eigenvalue weighted by Crippen LogP contribution is 1.97. The maximum absolute atomic E-state index is 11.8. The largest absolute Gasteiger partial charge is 0.480 e. The zero-order valence-corrected chi connectivity index (χ0v) is 17.1. The maximum atomic E-state index is 11.8. The van der Waals surface area contributed by atoms with E-state index in [4.69, 9.17) is 33.1 Å². The van der Waals surface area contributed by atoms with Crippen molar-refractivity contribution < 1.29 is 24.3 Å². The zero-order chi connectivity index (χ0) is 23.8. The molecule has 0 aromatic carbocycles. The lowest BCUT2D eigenvalue weighted by Crippen LogP contribution is -2.48. The monoisotopic (exact) mass is 444 g/mol. The van der Waals surface area contributed by atoms with Crippen LogP contribution in [-0.4, -0.2) is 79.0 Å². The Hall–Kier alpha value is -3.62. The number of hydrogen-bond acceptors (Lipinski definition) is 7. The summed E-state index contributed by atoms with van der Waals surface area (Å²) >= 11 is 0. The SMILES string of the molecule is N=C(N)NCCC[C@H](NC(=O)CNC(=O)CNC(=O)[C@@H](N)CCCNC(=N)N)C(=O)O. The lowest BCUT2D eigenvalue weighted by molar-refractivity contribution is -0.142. The van der Waals surface area contributed by atoms with Crippen LogP contribution in [0.4, 0.5) is 0 Å². The molecule has 15 heteroatoms. The number of carboxylic acid groups (broad SMARTS) is 1. The van der Waals surface area contributed by atoms with Crippen molar-refractivity contribution >= 4 is 35.6 Å². The first-order valence-electron chi connectivity index (χ1n) is 9.50. The van der Waals surface area contributed by atoms with Gasteiger partial charge >= 0.3 is 5.97 Å². The average molecular weight is 444 g/mol. The van der Waals surface area contributed by atoms with Crippen LogP contribution < -0.4 is 43.8 Å². The van der Waals surface area contributed by atoms with Crippen LogP contribution in [-0.2, 0) is 19.2 Å². The van der Waals surface area contributed by atoms with Crippen molar-refractivity contribution in [1.82, 2.24) is 26.6 Å². The number of carbonyl (C=O) groups excluding carboxylic acids is 3. The topological polar surface area (TPSA) is 274 Å². The van der Waals surface area contributed by atoms with E-state index in [1.165, 1.54) is 0 Å². The highest BCUT2D eigenvalue weighted by atomic mass is 16.4. The fourth-order valence-corrected chi connectivity index (χ4v) is 2.25. The van der Waals surface area contributed by atoms with Gasteiger partial charge in [0.15, 0.2) is 11.9 Å². The molecular weight excluding hydrogens is 412 g/mol. The maximum Gasteiger partial charge on any atom is 0.326 e. The first-order valence-corrected chi connectivity index (χ1v) is 9.50. The van der Waals surface area contributed by atoms with Gasteiger partial charge in [0.25, 0.3) is 0 Å². The second-order valence-corrected chi connectivity index (χ2v) is 6.52. The molecule has 0 aliphatic carbocycles. The minimum atomic E-state index is -1.23. The molecule has 0 heterocycles. The smallest absolute Gasteiger partial charge is 0.326 e. The van der Waals surface area contributed by atoms with E-state index in [0.717, 1.165) is 0 Å². The van der Waals surface area contributed by atoms with Gasteiger partial charge in [-0.2, -0.15) is 0 Å². The van der Waals surface area contributed by atoms with Crippen LogP contribution in [0.15, 0.2) is 0 Å². The molecule has 0 spiro atoms. The van der Waals surface area contributed by atoms with Gasteiger partial charge in [0.2, 0.25) is 17.7 Å². The summed E-state index contributed by atoms with van der Waals surface area (Å²) < 4.78 is 0. The molecule has 176 valence electrons. The average Bonchev–Trinajstić information content (AvgIpc) is 2.69. The lowest BCUT2D eigenvalue weighted by Gasteiger charge is -2.15. The Kier molecular flexibility index (Phi) is 13.5. The summed E-state index contributed by atoms with van der Waals surface area (Å²) in [7, 11) is 0. The molecule has 15 nitrogen and oxygen atoms in total. The standard InChI is InChI=1S/C16H32N10O5/c17-9(3-1-5-22-15(18)19)13(29)25-7-11(27)24-8-12(28)26-10(14(30)31)4-2-6-23-16(20)21/h9-10H,1-8,17H2,(H,24,27)(H,25,29)(H,26,28)(H,30,31)(H4,18,19,22)(H4,20,21,23)/t9-,10-/m0/s1. The van der Waals surface area contributed by atoms with Crippen LogP contribution in [0.3, 0.4) is 0 Å². The Bertz CT molecular complexity index is 657. The molecule has 14 N–H and O–H groups in total. The molecule has 0 aromatic heterocycles. The molecule has 0 bridgehead atoms. The lowest BCUT2D eigenvalue weighted by atomic mass is 10.1. The number of nitrogens with two attached hydrogens (primary N) is 3. The highest BCUT2D eigenvalue weighted by Gasteiger charge is 2.20. The summed E-state index contributed by atoms with van der Waals surface area (Å²) in [5.41, 5.74) is 15.9. The quantitative estimate of drug-likeness (QED) is 0.0655. The molecule has 0 saturated heterocycles. The number of amides is 3. The van der Waals surface area contributed by atoms with Gasteiger partial charge in [-0.25, -0.2) is 4.79 Å². The Morgan fingerprint density at radius 2 is 1.32 bits per heavy atom. The van der Waals surface area contributed by atoms with Crippen LogP contribution in [0.25, 0.3) is 0 Å². The fraction of sp³-hybridized carbons (Fsp3) is 0.625. The number of carboxylic acids is 1. The second kappa shape index (κ2) is 15.3. The second-order valence-electron chi connectivity index (χ2n) is 6.52. The number of carbonyl (C=O) groups is 4. The molecule has 0 radical (unpaired) electrons. The first kappa shape index (κ1) is 27.4. The number of guanidine groups is 2. The Labute approximate surface area is 179 Å². The van der Waals surface area contributed by atoms with E-state index in [9.17, 15) is 19.2 Å². The molecule has 0 unspecified atom stereocenters. The van der Waals surface area contributed by atoms with Crippen molar-refractivity contribution in [2.45, 2.75) is 37.8 Å². The Morgan fingerprint density at radius 3 is 1.84 bits per heavy atom. The molecule has 2 atom stereocenters. The molecule has 31 heavy (non-hydrogen) atoms. The van der Waals surface area contributed by atoms with Gasteiger partial charge in [-0.1, -0.05) is 0 Å². The van der Waals surface area contributed by atoms with Gasteiger partial charge in [-0.15, -0.1) is 0 Å². The van der Waals surface area contributed by atoms with Crippen LogP contribution in [0.1, 0.15) is 25.7 Å².